The summed E-state index contributed by atoms with van der Waals surface area (Å²) >= 11 is 0. The molecule has 1 heterocycles. The molecule has 0 spiro atoms. The molecule has 1 aromatic carbocycles. The standard InChI is InChI=1S/C16H21F4N3O/c1-11(13-2-4-14(17)5-3-13)22-15(24)21-8-12-6-7-23(9-12)10-16(18,19)20/h2-5,11-12H,6-10H2,1H3,(H2,21,22,24). The lowest BCUT2D eigenvalue weighted by molar-refractivity contribution is -0.143. The van der Waals surface area contributed by atoms with E-state index in [1.54, 1.807) is 19.1 Å². The van der Waals surface area contributed by atoms with Crippen molar-refractivity contribution < 1.29 is 22.4 Å². The Kier molecular flexibility index (Phi) is 6.04. The molecule has 2 N–H and O–H groups in total. The van der Waals surface area contributed by atoms with E-state index in [9.17, 15) is 22.4 Å². The summed E-state index contributed by atoms with van der Waals surface area (Å²) < 4.78 is 49.9. The Morgan fingerprint density at radius 3 is 2.62 bits per heavy atom. The zero-order chi connectivity index (χ0) is 17.7. The summed E-state index contributed by atoms with van der Waals surface area (Å²) in [4.78, 5) is 13.2. The van der Waals surface area contributed by atoms with Crippen molar-refractivity contribution in [3.8, 4) is 0 Å². The van der Waals surface area contributed by atoms with Crippen molar-refractivity contribution in [1.82, 2.24) is 15.5 Å². The Balaban J connectivity index is 1.71. The van der Waals surface area contributed by atoms with Crippen LogP contribution in [0.2, 0.25) is 0 Å². The molecular formula is C16H21F4N3O. The van der Waals surface area contributed by atoms with Crippen LogP contribution in [0.1, 0.15) is 24.9 Å². The molecule has 24 heavy (non-hydrogen) atoms. The van der Waals surface area contributed by atoms with E-state index in [0.29, 0.717) is 26.1 Å². The maximum atomic E-state index is 12.9. The van der Waals surface area contributed by atoms with Crippen LogP contribution in [-0.4, -0.2) is 43.3 Å². The quantitative estimate of drug-likeness (QED) is 0.804. The number of halogens is 4. The van der Waals surface area contributed by atoms with Gasteiger partial charge in [-0.05, 0) is 43.5 Å². The molecule has 1 saturated heterocycles. The first-order valence-electron chi connectivity index (χ1n) is 7.82. The Morgan fingerprint density at radius 1 is 1.33 bits per heavy atom. The highest BCUT2D eigenvalue weighted by Gasteiger charge is 2.34. The monoisotopic (exact) mass is 347 g/mol. The van der Waals surface area contributed by atoms with Crippen molar-refractivity contribution in [3.05, 3.63) is 35.6 Å². The highest BCUT2D eigenvalue weighted by Crippen LogP contribution is 2.22. The molecule has 2 atom stereocenters. The second-order valence-corrected chi connectivity index (χ2v) is 6.13. The van der Waals surface area contributed by atoms with Crippen LogP contribution < -0.4 is 10.6 Å². The van der Waals surface area contributed by atoms with E-state index < -0.39 is 12.7 Å². The van der Waals surface area contributed by atoms with E-state index in [-0.39, 0.29) is 23.8 Å². The van der Waals surface area contributed by atoms with Crippen molar-refractivity contribution in [2.75, 3.05) is 26.2 Å². The number of nitrogens with one attached hydrogen (secondary N) is 2. The van der Waals surface area contributed by atoms with E-state index in [4.69, 9.17) is 0 Å². The first kappa shape index (κ1) is 18.5. The summed E-state index contributed by atoms with van der Waals surface area (Å²) in [6.07, 6.45) is -3.56. The third kappa shape index (κ3) is 5.99. The average Bonchev–Trinajstić information content (AvgIpc) is 2.91. The summed E-state index contributed by atoms with van der Waals surface area (Å²) in [6.45, 7) is 1.91. The lowest BCUT2D eigenvalue weighted by Crippen LogP contribution is -2.40. The van der Waals surface area contributed by atoms with Gasteiger partial charge in [0.2, 0.25) is 0 Å². The van der Waals surface area contributed by atoms with E-state index in [0.717, 1.165) is 5.56 Å². The van der Waals surface area contributed by atoms with E-state index >= 15 is 0 Å². The van der Waals surface area contributed by atoms with Crippen molar-refractivity contribution in [1.29, 1.82) is 0 Å². The minimum absolute atomic E-state index is 0.0132. The number of hydrogen-bond acceptors (Lipinski definition) is 2. The fraction of sp³-hybridized carbons (Fsp3) is 0.562. The van der Waals surface area contributed by atoms with E-state index in [2.05, 4.69) is 10.6 Å². The summed E-state index contributed by atoms with van der Waals surface area (Å²) in [7, 11) is 0. The van der Waals surface area contributed by atoms with Crippen LogP contribution in [0.5, 0.6) is 0 Å². The molecule has 1 aromatic rings. The molecule has 4 nitrogen and oxygen atoms in total. The molecule has 2 rings (SSSR count). The number of urea groups is 1. The van der Waals surface area contributed by atoms with Gasteiger partial charge in [-0.2, -0.15) is 13.2 Å². The minimum atomic E-state index is -4.19. The Bertz CT molecular complexity index is 547. The number of nitrogens with zero attached hydrogens (tertiary/aromatic N) is 1. The molecule has 0 aliphatic carbocycles. The van der Waals surface area contributed by atoms with Crippen LogP contribution >= 0.6 is 0 Å². The number of alkyl halides is 3. The number of carbonyl (C=O) groups excluding carboxylic acids is 1. The normalized spacial score (nSPS) is 20.0. The van der Waals surface area contributed by atoms with Gasteiger partial charge in [0.15, 0.2) is 0 Å². The zero-order valence-corrected chi connectivity index (χ0v) is 13.4. The summed E-state index contributed by atoms with van der Waals surface area (Å²) in [6, 6.07) is 5.13. The van der Waals surface area contributed by atoms with Gasteiger partial charge in [0.05, 0.1) is 12.6 Å². The van der Waals surface area contributed by atoms with Gasteiger partial charge >= 0.3 is 12.2 Å². The molecule has 134 valence electrons. The van der Waals surface area contributed by atoms with Crippen molar-refractivity contribution in [2.24, 2.45) is 5.92 Å². The highest BCUT2D eigenvalue weighted by atomic mass is 19.4. The lowest BCUT2D eigenvalue weighted by Gasteiger charge is -2.19. The molecule has 1 aliphatic rings. The molecule has 0 radical (unpaired) electrons. The maximum absolute atomic E-state index is 12.9. The second kappa shape index (κ2) is 7.83. The molecule has 2 amide bonds. The van der Waals surface area contributed by atoms with Gasteiger partial charge in [-0.15, -0.1) is 0 Å². The Hall–Kier alpha value is -1.83. The van der Waals surface area contributed by atoms with Crippen LogP contribution in [0, 0.1) is 11.7 Å². The highest BCUT2D eigenvalue weighted by molar-refractivity contribution is 5.74. The lowest BCUT2D eigenvalue weighted by atomic mass is 10.1. The van der Waals surface area contributed by atoms with Gasteiger partial charge in [-0.1, -0.05) is 12.1 Å². The Labute approximate surface area is 138 Å². The van der Waals surface area contributed by atoms with Gasteiger partial charge in [0, 0.05) is 13.1 Å². The molecule has 1 fully saturated rings. The molecular weight excluding hydrogens is 326 g/mol. The first-order chi connectivity index (χ1) is 11.2. The molecule has 8 heteroatoms. The molecule has 0 bridgehead atoms. The number of hydrogen-bond donors (Lipinski definition) is 2. The van der Waals surface area contributed by atoms with Gasteiger partial charge in [0.25, 0.3) is 0 Å². The summed E-state index contributed by atoms with van der Waals surface area (Å²) in [5, 5.41) is 5.41. The third-order valence-electron chi connectivity index (χ3n) is 4.04. The van der Waals surface area contributed by atoms with Crippen LogP contribution in [0.25, 0.3) is 0 Å². The molecule has 0 saturated carbocycles. The van der Waals surface area contributed by atoms with Crippen LogP contribution in [0.4, 0.5) is 22.4 Å². The van der Waals surface area contributed by atoms with Gasteiger partial charge in [-0.3, -0.25) is 4.90 Å². The van der Waals surface area contributed by atoms with Crippen LogP contribution in [-0.2, 0) is 0 Å². The van der Waals surface area contributed by atoms with Gasteiger partial charge in [-0.25, -0.2) is 9.18 Å². The van der Waals surface area contributed by atoms with Crippen molar-refractivity contribution in [2.45, 2.75) is 25.6 Å². The second-order valence-electron chi connectivity index (χ2n) is 6.13. The predicted octanol–water partition coefficient (Wildman–Crippen LogP) is 3.07. The van der Waals surface area contributed by atoms with Gasteiger partial charge < -0.3 is 10.6 Å². The van der Waals surface area contributed by atoms with Crippen molar-refractivity contribution in [3.63, 3.8) is 0 Å². The Morgan fingerprint density at radius 2 is 2.00 bits per heavy atom. The fourth-order valence-corrected chi connectivity index (χ4v) is 2.80. The minimum Gasteiger partial charge on any atom is -0.338 e. The SMILES string of the molecule is CC(NC(=O)NCC1CCN(CC(F)(F)F)C1)c1ccc(F)cc1. The number of likely N-dealkylation sites (tertiary alicyclic amines) is 1. The van der Waals surface area contributed by atoms with Crippen LogP contribution in [0.3, 0.4) is 0 Å². The fourth-order valence-electron chi connectivity index (χ4n) is 2.80. The first-order valence-corrected chi connectivity index (χ1v) is 7.82. The molecule has 2 unspecified atom stereocenters. The smallest absolute Gasteiger partial charge is 0.338 e. The summed E-state index contributed by atoms with van der Waals surface area (Å²) in [5.74, 6) is -0.334. The maximum Gasteiger partial charge on any atom is 0.401 e. The topological polar surface area (TPSA) is 44.4 Å². The number of carbonyl (C=O) groups is 1. The van der Waals surface area contributed by atoms with Crippen LogP contribution in [0.15, 0.2) is 24.3 Å². The summed E-state index contributed by atoms with van der Waals surface area (Å²) in [5.41, 5.74) is 0.767. The van der Waals surface area contributed by atoms with Crippen molar-refractivity contribution >= 4 is 6.03 Å². The molecule has 0 aromatic heterocycles. The van der Waals surface area contributed by atoms with E-state index in [1.165, 1.54) is 17.0 Å². The van der Waals surface area contributed by atoms with E-state index in [1.807, 2.05) is 0 Å². The third-order valence-corrected chi connectivity index (χ3v) is 4.04. The van der Waals surface area contributed by atoms with Gasteiger partial charge in [0.1, 0.15) is 5.82 Å². The molecule has 1 aliphatic heterocycles. The number of amides is 2. The average molecular weight is 347 g/mol. The zero-order valence-electron chi connectivity index (χ0n) is 13.4. The largest absolute Gasteiger partial charge is 0.401 e. The number of benzene rings is 1. The predicted molar refractivity (Wildman–Crippen MR) is 82.0 cm³/mol. The number of rotatable bonds is 5.